The second-order valence-electron chi connectivity index (χ2n) is 7.65. The number of hydrogen-bond acceptors (Lipinski definition) is 4. The molecule has 0 saturated carbocycles. The van der Waals surface area contributed by atoms with Crippen molar-refractivity contribution in [1.29, 1.82) is 0 Å². The lowest BCUT2D eigenvalue weighted by molar-refractivity contribution is -0.142. The number of carbonyl (C=O) groups excluding carboxylic acids is 2. The molecule has 0 heterocycles. The molecule has 0 aromatic heterocycles. The Hall–Kier alpha value is -3.02. The van der Waals surface area contributed by atoms with Crippen molar-refractivity contribution in [2.75, 3.05) is 13.7 Å². The molecule has 0 bridgehead atoms. The van der Waals surface area contributed by atoms with Crippen LogP contribution in [-0.2, 0) is 22.6 Å². The summed E-state index contributed by atoms with van der Waals surface area (Å²) < 4.78 is 11.0. The van der Waals surface area contributed by atoms with Crippen molar-refractivity contribution in [3.63, 3.8) is 0 Å². The lowest BCUT2D eigenvalue weighted by Gasteiger charge is -2.29. The highest BCUT2D eigenvalue weighted by Gasteiger charge is 2.27. The topological polar surface area (TPSA) is 67.9 Å². The standard InChI is InChI=1S/C25H34N2O4/c1-6-18(3)26-25(29)19(4)27(16-21-9-8-10-23(15-21)30-5)24(28)17-31-22-13-11-20(7-2)12-14-22/h8-15,18-19H,6-7,16-17H2,1-5H3,(H,26,29)/t18-,19+/m0/s1. The second kappa shape index (κ2) is 12.0. The van der Waals surface area contributed by atoms with Crippen molar-refractivity contribution < 1.29 is 19.1 Å². The fourth-order valence-electron chi connectivity index (χ4n) is 3.07. The molecule has 2 aromatic rings. The number of methoxy groups -OCH3 is 1. The Bertz CT molecular complexity index is 851. The van der Waals surface area contributed by atoms with Crippen LogP contribution >= 0.6 is 0 Å². The van der Waals surface area contributed by atoms with Crippen molar-refractivity contribution in [3.8, 4) is 11.5 Å². The molecule has 2 aromatic carbocycles. The molecule has 0 unspecified atom stereocenters. The molecule has 0 aliphatic heterocycles. The third kappa shape index (κ3) is 7.31. The first kappa shape index (κ1) is 24.3. The molecule has 168 valence electrons. The number of benzene rings is 2. The van der Waals surface area contributed by atoms with E-state index >= 15 is 0 Å². The van der Waals surface area contributed by atoms with Crippen LogP contribution in [0.15, 0.2) is 48.5 Å². The molecule has 0 aliphatic rings. The molecule has 1 N–H and O–H groups in total. The van der Waals surface area contributed by atoms with Crippen molar-refractivity contribution in [2.45, 2.75) is 59.2 Å². The van der Waals surface area contributed by atoms with Crippen LogP contribution in [0, 0.1) is 0 Å². The van der Waals surface area contributed by atoms with E-state index in [4.69, 9.17) is 9.47 Å². The molecular weight excluding hydrogens is 392 g/mol. The fraction of sp³-hybridized carbons (Fsp3) is 0.440. The van der Waals surface area contributed by atoms with Gasteiger partial charge in [-0.2, -0.15) is 0 Å². The van der Waals surface area contributed by atoms with Crippen LogP contribution < -0.4 is 14.8 Å². The zero-order valence-corrected chi connectivity index (χ0v) is 19.2. The number of aryl methyl sites for hydroxylation is 1. The third-order valence-corrected chi connectivity index (χ3v) is 5.35. The predicted octanol–water partition coefficient (Wildman–Crippen LogP) is 3.97. The van der Waals surface area contributed by atoms with E-state index in [-0.39, 0.29) is 31.0 Å². The van der Waals surface area contributed by atoms with Gasteiger partial charge in [0.15, 0.2) is 6.61 Å². The summed E-state index contributed by atoms with van der Waals surface area (Å²) in [7, 11) is 1.60. The van der Waals surface area contributed by atoms with Gasteiger partial charge in [-0.1, -0.05) is 38.1 Å². The Morgan fingerprint density at radius 3 is 2.32 bits per heavy atom. The van der Waals surface area contributed by atoms with Gasteiger partial charge in [-0.15, -0.1) is 0 Å². The van der Waals surface area contributed by atoms with Crippen molar-refractivity contribution >= 4 is 11.8 Å². The molecule has 0 saturated heterocycles. The van der Waals surface area contributed by atoms with Crippen molar-refractivity contribution in [3.05, 3.63) is 59.7 Å². The van der Waals surface area contributed by atoms with Gasteiger partial charge >= 0.3 is 0 Å². The first-order valence-electron chi connectivity index (χ1n) is 10.8. The first-order chi connectivity index (χ1) is 14.9. The maximum atomic E-state index is 13.1. The maximum absolute atomic E-state index is 13.1. The Kier molecular flexibility index (Phi) is 9.38. The first-order valence-corrected chi connectivity index (χ1v) is 10.8. The van der Waals surface area contributed by atoms with Crippen LogP contribution in [0.2, 0.25) is 0 Å². The highest BCUT2D eigenvalue weighted by molar-refractivity contribution is 5.88. The fourth-order valence-corrected chi connectivity index (χ4v) is 3.07. The van der Waals surface area contributed by atoms with Gasteiger partial charge in [0, 0.05) is 12.6 Å². The zero-order valence-electron chi connectivity index (χ0n) is 19.2. The molecule has 2 amide bonds. The van der Waals surface area contributed by atoms with Crippen molar-refractivity contribution in [2.24, 2.45) is 0 Å². The van der Waals surface area contributed by atoms with Crippen LogP contribution in [0.1, 0.15) is 45.2 Å². The molecule has 31 heavy (non-hydrogen) atoms. The number of ether oxygens (including phenoxy) is 2. The van der Waals surface area contributed by atoms with E-state index in [0.29, 0.717) is 11.5 Å². The number of carbonyl (C=O) groups is 2. The van der Waals surface area contributed by atoms with Crippen LogP contribution in [-0.4, -0.2) is 42.5 Å². The van der Waals surface area contributed by atoms with E-state index in [1.165, 1.54) is 5.56 Å². The smallest absolute Gasteiger partial charge is 0.261 e. The van der Waals surface area contributed by atoms with E-state index < -0.39 is 6.04 Å². The molecule has 6 nitrogen and oxygen atoms in total. The average Bonchev–Trinajstić information content (AvgIpc) is 2.80. The number of hydrogen-bond donors (Lipinski definition) is 1. The molecule has 0 radical (unpaired) electrons. The SMILES string of the molecule is CCc1ccc(OCC(=O)N(Cc2cccc(OC)c2)[C@H](C)C(=O)N[C@@H](C)CC)cc1. The number of rotatable bonds is 11. The van der Waals surface area contributed by atoms with E-state index in [1.54, 1.807) is 18.9 Å². The average molecular weight is 427 g/mol. The summed E-state index contributed by atoms with van der Waals surface area (Å²) in [4.78, 5) is 27.4. The number of nitrogens with zero attached hydrogens (tertiary/aromatic N) is 1. The Morgan fingerprint density at radius 2 is 1.71 bits per heavy atom. The summed E-state index contributed by atoms with van der Waals surface area (Å²) in [6.45, 7) is 7.92. The largest absolute Gasteiger partial charge is 0.497 e. The van der Waals surface area contributed by atoms with Crippen LogP contribution in [0.4, 0.5) is 0 Å². The summed E-state index contributed by atoms with van der Waals surface area (Å²) >= 11 is 0. The molecule has 2 atom stereocenters. The van der Waals surface area contributed by atoms with Gasteiger partial charge in [-0.25, -0.2) is 0 Å². The number of nitrogens with one attached hydrogen (secondary N) is 1. The monoisotopic (exact) mass is 426 g/mol. The molecule has 0 spiro atoms. The van der Waals surface area contributed by atoms with Gasteiger partial charge in [-0.3, -0.25) is 9.59 Å². The molecule has 2 rings (SSSR count). The Balaban J connectivity index is 2.15. The van der Waals surface area contributed by atoms with Gasteiger partial charge in [-0.05, 0) is 62.1 Å². The zero-order chi connectivity index (χ0) is 22.8. The summed E-state index contributed by atoms with van der Waals surface area (Å²) in [6.07, 6.45) is 1.76. The molecule has 0 fully saturated rings. The summed E-state index contributed by atoms with van der Waals surface area (Å²) in [5.41, 5.74) is 2.08. The van der Waals surface area contributed by atoms with Crippen LogP contribution in [0.3, 0.4) is 0 Å². The second-order valence-corrected chi connectivity index (χ2v) is 7.65. The molecule has 0 aliphatic carbocycles. The van der Waals surface area contributed by atoms with Gasteiger partial charge < -0.3 is 19.7 Å². The summed E-state index contributed by atoms with van der Waals surface area (Å²) in [5, 5.41) is 2.96. The molecular formula is C25H34N2O4. The lowest BCUT2D eigenvalue weighted by atomic mass is 10.1. The van der Waals surface area contributed by atoms with Gasteiger partial charge in [0.2, 0.25) is 5.91 Å². The van der Waals surface area contributed by atoms with E-state index in [2.05, 4.69) is 12.2 Å². The normalized spacial score (nSPS) is 12.5. The maximum Gasteiger partial charge on any atom is 0.261 e. The highest BCUT2D eigenvalue weighted by Crippen LogP contribution is 2.17. The van der Waals surface area contributed by atoms with Gasteiger partial charge in [0.25, 0.3) is 5.91 Å². The quantitative estimate of drug-likeness (QED) is 0.590. The Labute approximate surface area is 185 Å². The molecule has 6 heteroatoms. The van der Waals surface area contributed by atoms with E-state index in [0.717, 1.165) is 18.4 Å². The summed E-state index contributed by atoms with van der Waals surface area (Å²) in [6, 6.07) is 14.6. The summed E-state index contributed by atoms with van der Waals surface area (Å²) in [5.74, 6) is 0.893. The van der Waals surface area contributed by atoms with E-state index in [9.17, 15) is 9.59 Å². The number of amides is 2. The third-order valence-electron chi connectivity index (χ3n) is 5.35. The lowest BCUT2D eigenvalue weighted by Crippen LogP contribution is -2.50. The van der Waals surface area contributed by atoms with Gasteiger partial charge in [0.05, 0.1) is 7.11 Å². The van der Waals surface area contributed by atoms with Crippen molar-refractivity contribution in [1.82, 2.24) is 10.2 Å². The van der Waals surface area contributed by atoms with Crippen LogP contribution in [0.5, 0.6) is 11.5 Å². The highest BCUT2D eigenvalue weighted by atomic mass is 16.5. The minimum atomic E-state index is -0.640. The van der Waals surface area contributed by atoms with Crippen LogP contribution in [0.25, 0.3) is 0 Å². The minimum Gasteiger partial charge on any atom is -0.497 e. The van der Waals surface area contributed by atoms with Gasteiger partial charge in [0.1, 0.15) is 17.5 Å². The minimum absolute atomic E-state index is 0.0389. The van der Waals surface area contributed by atoms with E-state index in [1.807, 2.05) is 62.4 Å². The predicted molar refractivity (Wildman–Crippen MR) is 122 cm³/mol. The Morgan fingerprint density at radius 1 is 1.00 bits per heavy atom.